The van der Waals surface area contributed by atoms with E-state index in [2.05, 4.69) is 10.4 Å². The quantitative estimate of drug-likeness (QED) is 0.730. The zero-order valence-electron chi connectivity index (χ0n) is 13.9. The van der Waals surface area contributed by atoms with Crippen LogP contribution in [0.25, 0.3) is 11.3 Å². The van der Waals surface area contributed by atoms with Crippen molar-refractivity contribution in [2.24, 2.45) is 0 Å². The van der Waals surface area contributed by atoms with Crippen LogP contribution < -0.4 is 10.9 Å². The molecule has 5 nitrogen and oxygen atoms in total. The molecule has 0 unspecified atom stereocenters. The van der Waals surface area contributed by atoms with Crippen LogP contribution in [0.3, 0.4) is 0 Å². The maximum Gasteiger partial charge on any atom is 0.267 e. The summed E-state index contributed by atoms with van der Waals surface area (Å²) in [5.74, 6) is -0.403. The van der Waals surface area contributed by atoms with Gasteiger partial charge in [0.05, 0.1) is 5.69 Å². The highest BCUT2D eigenvalue weighted by Crippen LogP contribution is 2.22. The Morgan fingerprint density at radius 3 is 2.46 bits per heavy atom. The van der Waals surface area contributed by atoms with E-state index in [0.717, 1.165) is 15.8 Å². The first-order chi connectivity index (χ1) is 12.4. The average Bonchev–Trinajstić information content (AvgIpc) is 2.56. The number of carbonyl (C=O) groups is 1. The lowest BCUT2D eigenvalue weighted by Crippen LogP contribution is -2.29. The first-order valence-electron chi connectivity index (χ1n) is 7.82. The molecule has 3 rings (SSSR count). The summed E-state index contributed by atoms with van der Waals surface area (Å²) in [5.41, 5.74) is 2.66. The predicted octanol–water partition coefficient (Wildman–Crippen LogP) is 4.16. The smallest absolute Gasteiger partial charge is 0.267 e. The molecule has 1 N–H and O–H groups in total. The van der Waals surface area contributed by atoms with Crippen LogP contribution in [0.4, 0.5) is 5.69 Å². The van der Waals surface area contributed by atoms with E-state index in [9.17, 15) is 9.59 Å². The van der Waals surface area contributed by atoms with Crippen LogP contribution in [-0.2, 0) is 11.3 Å². The number of carbonyl (C=O) groups excluding carboxylic acids is 1. The van der Waals surface area contributed by atoms with Crippen LogP contribution in [0, 0.1) is 6.92 Å². The SMILES string of the molecule is Cc1ccccc1-c1ccc(=O)n(CC(=O)Nc2cc(Cl)cc(Cl)c2)n1. The second-order valence-corrected chi connectivity index (χ2v) is 6.61. The molecule has 1 aromatic heterocycles. The minimum Gasteiger partial charge on any atom is -0.324 e. The first-order valence-corrected chi connectivity index (χ1v) is 8.58. The van der Waals surface area contributed by atoms with Crippen molar-refractivity contribution in [2.75, 3.05) is 5.32 Å². The van der Waals surface area contributed by atoms with Gasteiger partial charge < -0.3 is 5.32 Å². The third-order valence-electron chi connectivity index (χ3n) is 3.73. The third kappa shape index (κ3) is 4.31. The van der Waals surface area contributed by atoms with E-state index in [0.29, 0.717) is 21.4 Å². The number of hydrogen-bond acceptors (Lipinski definition) is 3. The lowest BCUT2D eigenvalue weighted by atomic mass is 10.1. The molecule has 0 saturated heterocycles. The maximum absolute atomic E-state index is 12.3. The molecule has 26 heavy (non-hydrogen) atoms. The van der Waals surface area contributed by atoms with Crippen molar-refractivity contribution in [3.8, 4) is 11.3 Å². The number of rotatable bonds is 4. The molecular weight excluding hydrogens is 373 g/mol. The van der Waals surface area contributed by atoms with Gasteiger partial charge in [0.1, 0.15) is 6.54 Å². The zero-order chi connectivity index (χ0) is 18.7. The number of halogens is 2. The van der Waals surface area contributed by atoms with E-state index < -0.39 is 5.91 Å². The fraction of sp³-hybridized carbons (Fsp3) is 0.105. The van der Waals surface area contributed by atoms with Crippen LogP contribution in [0.5, 0.6) is 0 Å². The van der Waals surface area contributed by atoms with Gasteiger partial charge in [0.25, 0.3) is 5.56 Å². The number of nitrogens with zero attached hydrogens (tertiary/aromatic N) is 2. The lowest BCUT2D eigenvalue weighted by Gasteiger charge is -2.10. The third-order valence-corrected chi connectivity index (χ3v) is 4.16. The fourth-order valence-electron chi connectivity index (χ4n) is 2.53. The second kappa shape index (κ2) is 7.72. The molecule has 0 atom stereocenters. The van der Waals surface area contributed by atoms with Crippen molar-refractivity contribution >= 4 is 34.8 Å². The summed E-state index contributed by atoms with van der Waals surface area (Å²) in [6.07, 6.45) is 0. The second-order valence-electron chi connectivity index (χ2n) is 5.74. The molecule has 0 aliphatic rings. The Hall–Kier alpha value is -2.63. The molecule has 0 aliphatic heterocycles. The van der Waals surface area contributed by atoms with Gasteiger partial charge in [-0.15, -0.1) is 0 Å². The maximum atomic E-state index is 12.3. The van der Waals surface area contributed by atoms with Gasteiger partial charge in [0, 0.05) is 27.4 Å². The standard InChI is InChI=1S/C19H15Cl2N3O2/c1-12-4-2-3-5-16(12)17-6-7-19(26)24(23-17)11-18(25)22-15-9-13(20)8-14(21)10-15/h2-10H,11H2,1H3,(H,22,25). The summed E-state index contributed by atoms with van der Waals surface area (Å²) in [7, 11) is 0. The lowest BCUT2D eigenvalue weighted by molar-refractivity contribution is -0.117. The Morgan fingerprint density at radius 1 is 1.08 bits per heavy atom. The number of benzene rings is 2. The highest BCUT2D eigenvalue weighted by molar-refractivity contribution is 6.35. The molecule has 1 heterocycles. The molecule has 3 aromatic rings. The summed E-state index contributed by atoms with van der Waals surface area (Å²) in [5, 5.41) is 7.79. The summed E-state index contributed by atoms with van der Waals surface area (Å²) in [4.78, 5) is 24.3. The molecule has 0 saturated carbocycles. The number of nitrogens with one attached hydrogen (secondary N) is 1. The van der Waals surface area contributed by atoms with Gasteiger partial charge in [-0.25, -0.2) is 4.68 Å². The normalized spacial score (nSPS) is 10.6. The number of aryl methyl sites for hydroxylation is 1. The first kappa shape index (κ1) is 18.2. The molecule has 0 spiro atoms. The van der Waals surface area contributed by atoms with E-state index in [4.69, 9.17) is 23.2 Å². The predicted molar refractivity (Wildman–Crippen MR) is 104 cm³/mol. The largest absolute Gasteiger partial charge is 0.324 e. The minimum atomic E-state index is -0.403. The summed E-state index contributed by atoms with van der Waals surface area (Å²) in [6, 6.07) is 15.5. The highest BCUT2D eigenvalue weighted by atomic mass is 35.5. The molecule has 132 valence electrons. The van der Waals surface area contributed by atoms with Gasteiger partial charge >= 0.3 is 0 Å². The summed E-state index contributed by atoms with van der Waals surface area (Å²) < 4.78 is 1.13. The molecule has 0 aliphatic carbocycles. The highest BCUT2D eigenvalue weighted by Gasteiger charge is 2.10. The molecular formula is C19H15Cl2N3O2. The van der Waals surface area contributed by atoms with Crippen molar-refractivity contribution in [1.29, 1.82) is 0 Å². The average molecular weight is 388 g/mol. The van der Waals surface area contributed by atoms with E-state index in [1.165, 1.54) is 6.07 Å². The minimum absolute atomic E-state index is 0.220. The topological polar surface area (TPSA) is 64.0 Å². The van der Waals surface area contributed by atoms with Crippen LogP contribution >= 0.6 is 23.2 Å². The number of anilines is 1. The number of amides is 1. The fourth-order valence-corrected chi connectivity index (χ4v) is 3.05. The van der Waals surface area contributed by atoms with Crippen molar-refractivity contribution in [2.45, 2.75) is 13.5 Å². The van der Waals surface area contributed by atoms with Gasteiger partial charge in [0.2, 0.25) is 5.91 Å². The molecule has 1 amide bonds. The van der Waals surface area contributed by atoms with Gasteiger partial charge in [-0.3, -0.25) is 9.59 Å². The Labute approximate surface area is 160 Å². The van der Waals surface area contributed by atoms with Gasteiger partial charge in [0.15, 0.2) is 0 Å². The van der Waals surface area contributed by atoms with Crippen molar-refractivity contribution in [1.82, 2.24) is 9.78 Å². The van der Waals surface area contributed by atoms with Gasteiger partial charge in [-0.1, -0.05) is 47.5 Å². The monoisotopic (exact) mass is 387 g/mol. The van der Waals surface area contributed by atoms with E-state index in [1.807, 2.05) is 31.2 Å². The van der Waals surface area contributed by atoms with E-state index in [-0.39, 0.29) is 12.1 Å². The molecule has 2 aromatic carbocycles. The number of hydrogen-bond donors (Lipinski definition) is 1. The Bertz CT molecular complexity index is 1010. The van der Waals surface area contributed by atoms with Crippen LogP contribution in [0.2, 0.25) is 10.0 Å². The zero-order valence-corrected chi connectivity index (χ0v) is 15.4. The van der Waals surface area contributed by atoms with Crippen molar-refractivity contribution < 1.29 is 4.79 Å². The van der Waals surface area contributed by atoms with Crippen LogP contribution in [0.15, 0.2) is 59.4 Å². The molecule has 0 radical (unpaired) electrons. The Morgan fingerprint density at radius 2 is 1.77 bits per heavy atom. The van der Waals surface area contributed by atoms with E-state index >= 15 is 0 Å². The summed E-state index contributed by atoms with van der Waals surface area (Å²) in [6.45, 7) is 1.74. The van der Waals surface area contributed by atoms with Crippen LogP contribution in [-0.4, -0.2) is 15.7 Å². The van der Waals surface area contributed by atoms with E-state index in [1.54, 1.807) is 24.3 Å². The van der Waals surface area contributed by atoms with Crippen molar-refractivity contribution in [3.63, 3.8) is 0 Å². The molecule has 0 bridgehead atoms. The molecule has 0 fully saturated rings. The van der Waals surface area contributed by atoms with Gasteiger partial charge in [-0.2, -0.15) is 5.10 Å². The van der Waals surface area contributed by atoms with Crippen molar-refractivity contribution in [3.05, 3.63) is 80.6 Å². The van der Waals surface area contributed by atoms with Crippen LogP contribution in [0.1, 0.15) is 5.56 Å². The molecule has 7 heteroatoms. The Kier molecular flexibility index (Phi) is 5.40. The summed E-state index contributed by atoms with van der Waals surface area (Å²) >= 11 is 11.8. The Balaban J connectivity index is 1.83. The van der Waals surface area contributed by atoms with Gasteiger partial charge in [-0.05, 0) is 36.8 Å². The number of aromatic nitrogens is 2.